The predicted octanol–water partition coefficient (Wildman–Crippen LogP) is 3.57. The van der Waals surface area contributed by atoms with Crippen LogP contribution in [0.4, 0.5) is 0 Å². The second kappa shape index (κ2) is 7.84. The van der Waals surface area contributed by atoms with Gasteiger partial charge < -0.3 is 4.90 Å². The van der Waals surface area contributed by atoms with Gasteiger partial charge >= 0.3 is 0 Å². The van der Waals surface area contributed by atoms with E-state index in [2.05, 4.69) is 17.1 Å². The Morgan fingerprint density at radius 1 is 1.30 bits per heavy atom. The fraction of sp³-hybridized carbons (Fsp3) is 0.438. The van der Waals surface area contributed by atoms with E-state index in [0.717, 1.165) is 22.4 Å². The molecule has 0 fully saturated rings. The Hall–Kier alpha value is -1.53. The number of aryl methyl sites for hydroxylation is 1. The van der Waals surface area contributed by atoms with Crippen molar-refractivity contribution < 1.29 is 4.79 Å². The van der Waals surface area contributed by atoms with E-state index in [1.54, 1.807) is 30.8 Å². The third-order valence-electron chi connectivity index (χ3n) is 3.55. The van der Waals surface area contributed by atoms with Crippen molar-refractivity contribution in [3.8, 4) is 0 Å². The van der Waals surface area contributed by atoms with Crippen LogP contribution >= 0.6 is 23.4 Å². The molecule has 0 saturated carbocycles. The number of thioether (sulfide) groups is 1. The smallest absolute Gasteiger partial charge is 0.242 e. The molecule has 7 heteroatoms. The molecule has 2 aromatic rings. The number of likely N-dealkylation sites (N-methyl/N-ethyl adjacent to an activating group) is 1. The Morgan fingerprint density at radius 3 is 2.52 bits per heavy atom. The molecule has 0 aliphatic heterocycles. The molecule has 5 nitrogen and oxygen atoms in total. The molecule has 0 saturated heterocycles. The summed E-state index contributed by atoms with van der Waals surface area (Å²) in [6.07, 6.45) is 0.944. The van der Waals surface area contributed by atoms with Gasteiger partial charge in [-0.2, -0.15) is 0 Å². The Kier molecular flexibility index (Phi) is 6.07. The molecule has 2 rings (SSSR count). The van der Waals surface area contributed by atoms with E-state index in [1.165, 1.54) is 5.56 Å². The van der Waals surface area contributed by atoms with Crippen LogP contribution in [0, 0.1) is 6.92 Å². The largest absolute Gasteiger partial charge is 0.347 e. The summed E-state index contributed by atoms with van der Waals surface area (Å²) in [5.41, 5.74) is 1.19. The molecule has 1 aromatic carbocycles. The van der Waals surface area contributed by atoms with Crippen molar-refractivity contribution in [2.45, 2.75) is 37.2 Å². The van der Waals surface area contributed by atoms with Crippen molar-refractivity contribution >= 4 is 29.3 Å². The molecule has 1 atom stereocenters. The maximum Gasteiger partial charge on any atom is 0.242 e. The Labute approximate surface area is 146 Å². The third kappa shape index (κ3) is 4.48. The van der Waals surface area contributed by atoms with Crippen molar-refractivity contribution in [3.05, 3.63) is 40.7 Å². The monoisotopic (exact) mass is 352 g/mol. The van der Waals surface area contributed by atoms with Crippen LogP contribution < -0.4 is 0 Å². The first-order valence-electron chi connectivity index (χ1n) is 7.44. The minimum Gasteiger partial charge on any atom is -0.347 e. The molecular formula is C16H21ClN4OS. The Balaban J connectivity index is 2.21. The Morgan fingerprint density at radius 2 is 1.96 bits per heavy atom. The predicted molar refractivity (Wildman–Crippen MR) is 93.8 cm³/mol. The number of amides is 1. The summed E-state index contributed by atoms with van der Waals surface area (Å²) in [4.78, 5) is 13.6. The maximum absolute atomic E-state index is 12.0. The first-order valence-corrected chi connectivity index (χ1v) is 8.70. The average Bonchev–Trinajstić information content (AvgIpc) is 2.86. The summed E-state index contributed by atoms with van der Waals surface area (Å²) in [5, 5.41) is 10.1. The quantitative estimate of drug-likeness (QED) is 0.746. The van der Waals surface area contributed by atoms with E-state index in [9.17, 15) is 4.79 Å². The van der Waals surface area contributed by atoms with E-state index in [-0.39, 0.29) is 17.7 Å². The van der Waals surface area contributed by atoms with Crippen molar-refractivity contribution in [2.24, 2.45) is 0 Å². The van der Waals surface area contributed by atoms with Crippen LogP contribution in [0.2, 0.25) is 5.02 Å². The van der Waals surface area contributed by atoms with Gasteiger partial charge in [-0.3, -0.25) is 9.36 Å². The fourth-order valence-electron chi connectivity index (χ4n) is 2.10. The lowest BCUT2D eigenvalue weighted by atomic mass is 10.1. The number of benzene rings is 1. The average molecular weight is 353 g/mol. The highest BCUT2D eigenvalue weighted by Gasteiger charge is 2.19. The van der Waals surface area contributed by atoms with Gasteiger partial charge in [0.25, 0.3) is 0 Å². The summed E-state index contributed by atoms with van der Waals surface area (Å²) in [5.74, 6) is 0.767. The molecule has 0 unspecified atom stereocenters. The Bertz CT molecular complexity index is 669. The van der Waals surface area contributed by atoms with Crippen molar-refractivity contribution in [1.82, 2.24) is 19.7 Å². The molecular weight excluding hydrogens is 332 g/mol. The number of halogens is 1. The number of rotatable bonds is 6. The summed E-state index contributed by atoms with van der Waals surface area (Å²) in [6, 6.07) is 7.85. The standard InChI is InChI=1S/C16H21ClN4OS/c1-5-14(12-6-8-13(17)9-7-12)23-16-19-18-11(2)21(16)10-15(22)20(3)4/h6-9,14H,5,10H2,1-4H3/t14-/m0/s1. The molecule has 0 N–H and O–H groups in total. The highest BCUT2D eigenvalue weighted by Crippen LogP contribution is 2.37. The molecule has 1 heterocycles. The highest BCUT2D eigenvalue weighted by atomic mass is 35.5. The number of aromatic nitrogens is 3. The minimum atomic E-state index is 0.0225. The van der Waals surface area contributed by atoms with Crippen LogP contribution in [0.1, 0.15) is 30.0 Å². The third-order valence-corrected chi connectivity index (χ3v) is 5.21. The van der Waals surface area contributed by atoms with E-state index < -0.39 is 0 Å². The van der Waals surface area contributed by atoms with Gasteiger partial charge in [0.05, 0.1) is 0 Å². The molecule has 124 valence electrons. The van der Waals surface area contributed by atoms with Gasteiger partial charge in [-0.25, -0.2) is 0 Å². The van der Waals surface area contributed by atoms with Gasteiger partial charge in [-0.15, -0.1) is 10.2 Å². The normalized spacial score (nSPS) is 12.2. The number of carbonyl (C=O) groups is 1. The first-order chi connectivity index (χ1) is 10.9. The molecule has 0 spiro atoms. The van der Waals surface area contributed by atoms with Crippen LogP contribution in [-0.2, 0) is 11.3 Å². The zero-order valence-corrected chi connectivity index (χ0v) is 15.4. The van der Waals surface area contributed by atoms with Crippen LogP contribution in [0.5, 0.6) is 0 Å². The lowest BCUT2D eigenvalue weighted by Crippen LogP contribution is -2.27. The van der Waals surface area contributed by atoms with Gasteiger partial charge in [0, 0.05) is 24.4 Å². The van der Waals surface area contributed by atoms with Crippen LogP contribution in [-0.4, -0.2) is 39.7 Å². The van der Waals surface area contributed by atoms with E-state index in [1.807, 2.05) is 35.8 Å². The van der Waals surface area contributed by atoms with Gasteiger partial charge in [0.2, 0.25) is 5.91 Å². The van der Waals surface area contributed by atoms with E-state index in [4.69, 9.17) is 11.6 Å². The molecule has 1 amide bonds. The van der Waals surface area contributed by atoms with Gasteiger partial charge in [0.1, 0.15) is 12.4 Å². The van der Waals surface area contributed by atoms with Crippen molar-refractivity contribution in [3.63, 3.8) is 0 Å². The van der Waals surface area contributed by atoms with Crippen LogP contribution in [0.3, 0.4) is 0 Å². The van der Waals surface area contributed by atoms with Crippen molar-refractivity contribution in [1.29, 1.82) is 0 Å². The number of carbonyl (C=O) groups excluding carboxylic acids is 1. The number of hydrogen-bond donors (Lipinski definition) is 0. The maximum atomic E-state index is 12.0. The highest BCUT2D eigenvalue weighted by molar-refractivity contribution is 7.99. The van der Waals surface area contributed by atoms with Crippen LogP contribution in [0.25, 0.3) is 0 Å². The fourth-order valence-corrected chi connectivity index (χ4v) is 3.35. The second-order valence-electron chi connectivity index (χ2n) is 5.47. The zero-order chi connectivity index (χ0) is 17.0. The summed E-state index contributed by atoms with van der Waals surface area (Å²) in [6.45, 7) is 4.25. The SMILES string of the molecule is CC[C@H](Sc1nnc(C)n1CC(=O)N(C)C)c1ccc(Cl)cc1. The van der Waals surface area contributed by atoms with Gasteiger partial charge in [-0.05, 0) is 31.0 Å². The number of nitrogens with zero attached hydrogens (tertiary/aromatic N) is 4. The summed E-state index contributed by atoms with van der Waals surface area (Å²) >= 11 is 7.58. The van der Waals surface area contributed by atoms with Crippen LogP contribution in [0.15, 0.2) is 29.4 Å². The molecule has 0 radical (unpaired) electrons. The van der Waals surface area contributed by atoms with Crippen molar-refractivity contribution in [2.75, 3.05) is 14.1 Å². The zero-order valence-electron chi connectivity index (χ0n) is 13.8. The minimum absolute atomic E-state index is 0.0225. The summed E-state index contributed by atoms with van der Waals surface area (Å²) in [7, 11) is 3.49. The summed E-state index contributed by atoms with van der Waals surface area (Å²) < 4.78 is 1.87. The molecule has 23 heavy (non-hydrogen) atoms. The van der Waals surface area contributed by atoms with E-state index >= 15 is 0 Å². The molecule has 0 bridgehead atoms. The molecule has 0 aliphatic carbocycles. The lowest BCUT2D eigenvalue weighted by molar-refractivity contribution is -0.129. The second-order valence-corrected chi connectivity index (χ2v) is 7.08. The first kappa shape index (κ1) is 17.8. The lowest BCUT2D eigenvalue weighted by Gasteiger charge is -2.17. The van der Waals surface area contributed by atoms with Gasteiger partial charge in [0.15, 0.2) is 5.16 Å². The molecule has 1 aromatic heterocycles. The molecule has 0 aliphatic rings. The topological polar surface area (TPSA) is 51.0 Å². The van der Waals surface area contributed by atoms with Gasteiger partial charge in [-0.1, -0.05) is 42.4 Å². The number of hydrogen-bond acceptors (Lipinski definition) is 4. The van der Waals surface area contributed by atoms with E-state index in [0.29, 0.717) is 0 Å².